The van der Waals surface area contributed by atoms with Crippen molar-refractivity contribution in [1.29, 1.82) is 5.26 Å². The second-order valence-corrected chi connectivity index (χ2v) is 4.31. The second kappa shape index (κ2) is 6.18. The van der Waals surface area contributed by atoms with Crippen LogP contribution in [0.5, 0.6) is 0 Å². The number of ketones is 1. The molecule has 0 spiro atoms. The molecular formula is C11H17NO3. The summed E-state index contributed by atoms with van der Waals surface area (Å²) in [4.78, 5) is 22.4. The molecule has 0 aliphatic heterocycles. The molecule has 0 aliphatic rings. The fraction of sp³-hybridized carbons (Fsp3) is 0.727. The lowest BCUT2D eigenvalue weighted by Crippen LogP contribution is -2.25. The number of carbonyl (C=O) groups is 2. The van der Waals surface area contributed by atoms with Crippen LogP contribution in [0.15, 0.2) is 0 Å². The standard InChI is InChI=1S/C11H17NO3/c1-11(2,3)15-10(14)8-9(13)6-4-5-7-12/h4-6,8H2,1-3H3. The van der Waals surface area contributed by atoms with E-state index >= 15 is 0 Å². The molecule has 0 saturated heterocycles. The van der Waals surface area contributed by atoms with Gasteiger partial charge in [0.1, 0.15) is 17.8 Å². The molecule has 15 heavy (non-hydrogen) atoms. The van der Waals surface area contributed by atoms with E-state index in [0.29, 0.717) is 12.8 Å². The van der Waals surface area contributed by atoms with Crippen LogP contribution in [-0.2, 0) is 14.3 Å². The fourth-order valence-electron chi connectivity index (χ4n) is 0.992. The minimum Gasteiger partial charge on any atom is -0.460 e. The normalized spacial score (nSPS) is 10.5. The Morgan fingerprint density at radius 1 is 1.33 bits per heavy atom. The zero-order chi connectivity index (χ0) is 11.9. The number of unbranched alkanes of at least 4 members (excludes halogenated alkanes) is 1. The first kappa shape index (κ1) is 13.6. The molecule has 0 saturated carbocycles. The molecule has 0 atom stereocenters. The summed E-state index contributed by atoms with van der Waals surface area (Å²) in [6.07, 6.45) is 0.938. The summed E-state index contributed by atoms with van der Waals surface area (Å²) >= 11 is 0. The predicted octanol–water partition coefficient (Wildman–Crippen LogP) is 1.98. The maximum Gasteiger partial charge on any atom is 0.313 e. The van der Waals surface area contributed by atoms with Crippen LogP contribution in [0.2, 0.25) is 0 Å². The van der Waals surface area contributed by atoms with Crippen molar-refractivity contribution in [3.8, 4) is 6.07 Å². The van der Waals surface area contributed by atoms with E-state index < -0.39 is 11.6 Å². The highest BCUT2D eigenvalue weighted by molar-refractivity contribution is 5.95. The molecule has 4 nitrogen and oxygen atoms in total. The van der Waals surface area contributed by atoms with Crippen molar-refractivity contribution in [2.24, 2.45) is 0 Å². The monoisotopic (exact) mass is 211 g/mol. The summed E-state index contributed by atoms with van der Waals surface area (Å²) in [6.45, 7) is 5.27. The Balaban J connectivity index is 3.78. The number of ether oxygens (including phenoxy) is 1. The molecule has 0 N–H and O–H groups in total. The fourth-order valence-corrected chi connectivity index (χ4v) is 0.992. The van der Waals surface area contributed by atoms with Crippen LogP contribution in [0.4, 0.5) is 0 Å². The van der Waals surface area contributed by atoms with Crippen molar-refractivity contribution >= 4 is 11.8 Å². The van der Waals surface area contributed by atoms with Crippen molar-refractivity contribution in [3.63, 3.8) is 0 Å². The SMILES string of the molecule is CC(C)(C)OC(=O)CC(=O)CCCC#N. The van der Waals surface area contributed by atoms with E-state index in [4.69, 9.17) is 10.00 Å². The van der Waals surface area contributed by atoms with Gasteiger partial charge in [0.2, 0.25) is 0 Å². The summed E-state index contributed by atoms with van der Waals surface area (Å²) in [6, 6.07) is 1.95. The Morgan fingerprint density at radius 3 is 2.40 bits per heavy atom. The first-order chi connectivity index (χ1) is 6.85. The highest BCUT2D eigenvalue weighted by Gasteiger charge is 2.18. The highest BCUT2D eigenvalue weighted by Crippen LogP contribution is 2.09. The number of nitriles is 1. The number of esters is 1. The molecule has 0 aromatic heterocycles. The molecule has 4 heteroatoms. The van der Waals surface area contributed by atoms with Crippen molar-refractivity contribution in [3.05, 3.63) is 0 Å². The molecule has 0 amide bonds. The number of Topliss-reactive ketones (excluding diaryl/α,β-unsaturated/α-hetero) is 1. The van der Waals surface area contributed by atoms with Crippen LogP contribution in [0, 0.1) is 11.3 Å². The van der Waals surface area contributed by atoms with Gasteiger partial charge in [-0.2, -0.15) is 5.26 Å². The zero-order valence-corrected chi connectivity index (χ0v) is 9.50. The molecular weight excluding hydrogens is 194 g/mol. The van der Waals surface area contributed by atoms with Crippen molar-refractivity contribution in [1.82, 2.24) is 0 Å². The molecule has 0 aromatic carbocycles. The molecule has 0 bridgehead atoms. The molecule has 0 radical (unpaired) electrons. The van der Waals surface area contributed by atoms with Crippen LogP contribution < -0.4 is 0 Å². The number of rotatable bonds is 5. The van der Waals surface area contributed by atoms with Gasteiger partial charge < -0.3 is 4.74 Å². The van der Waals surface area contributed by atoms with Gasteiger partial charge in [-0.15, -0.1) is 0 Å². The van der Waals surface area contributed by atoms with Gasteiger partial charge in [0.25, 0.3) is 0 Å². The lowest BCUT2D eigenvalue weighted by atomic mass is 10.1. The molecule has 0 heterocycles. The largest absolute Gasteiger partial charge is 0.460 e. The van der Waals surface area contributed by atoms with E-state index in [1.54, 1.807) is 20.8 Å². The van der Waals surface area contributed by atoms with Crippen LogP contribution in [0.1, 0.15) is 46.5 Å². The Kier molecular flexibility index (Phi) is 5.61. The summed E-state index contributed by atoms with van der Waals surface area (Å²) in [7, 11) is 0. The lowest BCUT2D eigenvalue weighted by Gasteiger charge is -2.19. The average molecular weight is 211 g/mol. The Morgan fingerprint density at radius 2 is 1.93 bits per heavy atom. The quantitative estimate of drug-likeness (QED) is 0.396. The van der Waals surface area contributed by atoms with Crippen LogP contribution in [0.3, 0.4) is 0 Å². The van der Waals surface area contributed by atoms with Crippen molar-refractivity contribution < 1.29 is 14.3 Å². The first-order valence-electron chi connectivity index (χ1n) is 4.95. The minimum atomic E-state index is -0.552. The van der Waals surface area contributed by atoms with Gasteiger partial charge in [-0.25, -0.2) is 0 Å². The summed E-state index contributed by atoms with van der Waals surface area (Å²) in [5.74, 6) is -0.663. The Hall–Kier alpha value is -1.37. The Labute approximate surface area is 90.2 Å². The van der Waals surface area contributed by atoms with Gasteiger partial charge in [0, 0.05) is 12.8 Å². The minimum absolute atomic E-state index is 0.167. The highest BCUT2D eigenvalue weighted by atomic mass is 16.6. The molecule has 0 fully saturated rings. The van der Waals surface area contributed by atoms with Crippen LogP contribution in [-0.4, -0.2) is 17.4 Å². The molecule has 0 aliphatic carbocycles. The smallest absolute Gasteiger partial charge is 0.313 e. The molecule has 0 aromatic rings. The number of nitrogens with zero attached hydrogens (tertiary/aromatic N) is 1. The predicted molar refractivity (Wildman–Crippen MR) is 54.9 cm³/mol. The third kappa shape index (κ3) is 8.95. The molecule has 0 unspecified atom stereocenters. The van der Waals surface area contributed by atoms with Crippen LogP contribution in [0.25, 0.3) is 0 Å². The van der Waals surface area contributed by atoms with Crippen molar-refractivity contribution in [2.45, 2.75) is 52.1 Å². The summed E-state index contributed by atoms with van der Waals surface area (Å²) < 4.78 is 4.99. The lowest BCUT2D eigenvalue weighted by molar-refractivity contribution is -0.156. The van der Waals surface area contributed by atoms with Gasteiger partial charge in [0.15, 0.2) is 0 Å². The summed E-state index contributed by atoms with van der Waals surface area (Å²) in [5, 5.41) is 8.26. The van der Waals surface area contributed by atoms with E-state index in [1.165, 1.54) is 0 Å². The van der Waals surface area contributed by atoms with Gasteiger partial charge in [-0.05, 0) is 27.2 Å². The third-order valence-corrected chi connectivity index (χ3v) is 1.51. The van der Waals surface area contributed by atoms with Crippen molar-refractivity contribution in [2.75, 3.05) is 0 Å². The average Bonchev–Trinajstić information content (AvgIpc) is 2.00. The van der Waals surface area contributed by atoms with E-state index in [-0.39, 0.29) is 18.6 Å². The molecule has 84 valence electrons. The van der Waals surface area contributed by atoms with Gasteiger partial charge >= 0.3 is 5.97 Å². The number of hydrogen-bond donors (Lipinski definition) is 0. The zero-order valence-electron chi connectivity index (χ0n) is 9.50. The van der Waals surface area contributed by atoms with Crippen LogP contribution >= 0.6 is 0 Å². The van der Waals surface area contributed by atoms with Gasteiger partial charge in [0.05, 0.1) is 6.07 Å². The van der Waals surface area contributed by atoms with Gasteiger partial charge in [-0.1, -0.05) is 0 Å². The molecule has 0 rings (SSSR count). The number of hydrogen-bond acceptors (Lipinski definition) is 4. The first-order valence-corrected chi connectivity index (χ1v) is 4.95. The third-order valence-electron chi connectivity index (χ3n) is 1.51. The van der Waals surface area contributed by atoms with E-state index in [1.807, 2.05) is 6.07 Å². The van der Waals surface area contributed by atoms with E-state index in [9.17, 15) is 9.59 Å². The second-order valence-electron chi connectivity index (χ2n) is 4.31. The number of carbonyl (C=O) groups excluding carboxylic acids is 2. The summed E-state index contributed by atoms with van der Waals surface area (Å²) in [5.41, 5.74) is -0.552. The Bertz CT molecular complexity index is 271. The maximum absolute atomic E-state index is 11.2. The van der Waals surface area contributed by atoms with Gasteiger partial charge in [-0.3, -0.25) is 9.59 Å². The van der Waals surface area contributed by atoms with E-state index in [2.05, 4.69) is 0 Å². The van der Waals surface area contributed by atoms with E-state index in [0.717, 1.165) is 0 Å². The maximum atomic E-state index is 11.2. The topological polar surface area (TPSA) is 67.2 Å².